The van der Waals surface area contributed by atoms with Crippen molar-refractivity contribution in [2.75, 3.05) is 13.7 Å². The molecule has 2 N–H and O–H groups in total. The molecule has 132 valence electrons. The number of hydrogen-bond donors (Lipinski definition) is 2. The number of aromatic nitrogens is 1. The molecule has 2 rings (SSSR count). The predicted molar refractivity (Wildman–Crippen MR) is 94.3 cm³/mol. The number of nitrogens with one attached hydrogen (secondary N) is 1. The van der Waals surface area contributed by atoms with Gasteiger partial charge in [-0.15, -0.1) is 0 Å². The fraction of sp³-hybridized carbons (Fsp3) is 0.316. The van der Waals surface area contributed by atoms with E-state index in [1.807, 2.05) is 38.1 Å². The Hall–Kier alpha value is -2.89. The van der Waals surface area contributed by atoms with Gasteiger partial charge >= 0.3 is 5.97 Å². The smallest absolute Gasteiger partial charge is 0.337 e. The zero-order valence-electron chi connectivity index (χ0n) is 14.8. The first-order valence-corrected chi connectivity index (χ1v) is 7.88. The molecule has 0 spiro atoms. The van der Waals surface area contributed by atoms with Crippen molar-refractivity contribution in [3.8, 4) is 5.75 Å². The summed E-state index contributed by atoms with van der Waals surface area (Å²) < 4.78 is 5.16. The average molecular weight is 342 g/mol. The van der Waals surface area contributed by atoms with E-state index in [4.69, 9.17) is 9.84 Å². The van der Waals surface area contributed by atoms with Crippen molar-refractivity contribution >= 4 is 11.9 Å². The van der Waals surface area contributed by atoms with Crippen LogP contribution in [-0.2, 0) is 5.41 Å². The fourth-order valence-corrected chi connectivity index (χ4v) is 2.45. The van der Waals surface area contributed by atoms with Crippen molar-refractivity contribution < 1.29 is 19.4 Å². The quantitative estimate of drug-likeness (QED) is 0.843. The summed E-state index contributed by atoms with van der Waals surface area (Å²) >= 11 is 0. The second-order valence-electron chi connectivity index (χ2n) is 6.43. The molecular formula is C19H22N2O4. The Morgan fingerprint density at radius 1 is 1.16 bits per heavy atom. The third-order valence-corrected chi connectivity index (χ3v) is 4.11. The van der Waals surface area contributed by atoms with Crippen molar-refractivity contribution in [1.29, 1.82) is 0 Å². The molecule has 1 heterocycles. The van der Waals surface area contributed by atoms with Gasteiger partial charge in [-0.05, 0) is 36.8 Å². The van der Waals surface area contributed by atoms with E-state index in [9.17, 15) is 9.59 Å². The number of carbonyl (C=O) groups excluding carboxylic acids is 1. The summed E-state index contributed by atoms with van der Waals surface area (Å²) in [5.74, 6) is -0.610. The summed E-state index contributed by atoms with van der Waals surface area (Å²) in [7, 11) is 1.62. The number of hydrogen-bond acceptors (Lipinski definition) is 4. The van der Waals surface area contributed by atoms with Gasteiger partial charge < -0.3 is 15.2 Å². The molecular weight excluding hydrogens is 320 g/mol. The minimum atomic E-state index is -1.06. The highest BCUT2D eigenvalue weighted by Gasteiger charge is 2.22. The van der Waals surface area contributed by atoms with E-state index in [1.165, 1.54) is 12.1 Å². The van der Waals surface area contributed by atoms with Gasteiger partial charge in [-0.25, -0.2) is 9.78 Å². The first-order valence-electron chi connectivity index (χ1n) is 7.88. The number of carboxylic acids is 1. The lowest BCUT2D eigenvalue weighted by Crippen LogP contribution is -2.37. The maximum absolute atomic E-state index is 12.3. The average Bonchev–Trinajstić information content (AvgIpc) is 2.59. The van der Waals surface area contributed by atoms with Crippen LogP contribution >= 0.6 is 0 Å². The third kappa shape index (κ3) is 4.35. The maximum Gasteiger partial charge on any atom is 0.337 e. The fourth-order valence-electron chi connectivity index (χ4n) is 2.45. The van der Waals surface area contributed by atoms with Gasteiger partial charge in [0.15, 0.2) is 0 Å². The minimum Gasteiger partial charge on any atom is -0.497 e. The second kappa shape index (κ2) is 7.34. The topological polar surface area (TPSA) is 88.5 Å². The number of benzene rings is 1. The number of carbonyl (C=O) groups is 2. The van der Waals surface area contributed by atoms with Crippen molar-refractivity contribution in [2.24, 2.45) is 0 Å². The zero-order valence-corrected chi connectivity index (χ0v) is 14.8. The normalized spacial score (nSPS) is 11.0. The second-order valence-corrected chi connectivity index (χ2v) is 6.43. The molecule has 6 heteroatoms. The third-order valence-electron chi connectivity index (χ3n) is 4.11. The Kier molecular flexibility index (Phi) is 5.41. The maximum atomic E-state index is 12.3. The molecule has 1 aromatic carbocycles. The lowest BCUT2D eigenvalue weighted by atomic mass is 9.84. The summed E-state index contributed by atoms with van der Waals surface area (Å²) in [5.41, 5.74) is 1.40. The molecule has 0 bridgehead atoms. The SMILES string of the molecule is COc1ccc(C(C)(C)CNC(=O)c2ccc(C(=O)O)c(C)n2)cc1. The molecule has 0 saturated carbocycles. The summed E-state index contributed by atoms with van der Waals surface area (Å²) in [4.78, 5) is 27.4. The predicted octanol–water partition coefficient (Wildman–Crippen LogP) is 2.80. The number of ether oxygens (including phenoxy) is 1. The summed E-state index contributed by atoms with van der Waals surface area (Å²) in [6.45, 7) is 6.05. The lowest BCUT2D eigenvalue weighted by Gasteiger charge is -2.25. The van der Waals surface area contributed by atoms with E-state index in [1.54, 1.807) is 14.0 Å². The van der Waals surface area contributed by atoms with Gasteiger partial charge in [-0.1, -0.05) is 26.0 Å². The van der Waals surface area contributed by atoms with Crippen LogP contribution in [-0.4, -0.2) is 35.6 Å². The van der Waals surface area contributed by atoms with Gasteiger partial charge in [-0.2, -0.15) is 0 Å². The molecule has 0 saturated heterocycles. The number of rotatable bonds is 6. The van der Waals surface area contributed by atoms with Gasteiger partial charge in [0.2, 0.25) is 0 Å². The Labute approximate surface area is 146 Å². The van der Waals surface area contributed by atoms with Crippen LogP contribution in [0.5, 0.6) is 5.75 Å². The zero-order chi connectivity index (χ0) is 18.6. The monoisotopic (exact) mass is 342 g/mol. The van der Waals surface area contributed by atoms with E-state index in [-0.39, 0.29) is 22.6 Å². The van der Waals surface area contributed by atoms with Crippen LogP contribution in [0, 0.1) is 6.92 Å². The van der Waals surface area contributed by atoms with Crippen molar-refractivity contribution in [3.63, 3.8) is 0 Å². The first kappa shape index (κ1) is 18.4. The molecule has 1 amide bonds. The van der Waals surface area contributed by atoms with Crippen LogP contribution in [0.1, 0.15) is 46.0 Å². The number of carboxylic acid groups (broad SMARTS) is 1. The van der Waals surface area contributed by atoms with Crippen LogP contribution in [0.3, 0.4) is 0 Å². The standard InChI is InChI=1S/C19H22N2O4/c1-12-15(18(23)24)9-10-16(21-12)17(22)20-11-19(2,3)13-5-7-14(25-4)8-6-13/h5-10H,11H2,1-4H3,(H,20,22)(H,23,24). The number of amides is 1. The summed E-state index contributed by atoms with van der Waals surface area (Å²) in [6.07, 6.45) is 0. The Bertz CT molecular complexity index is 783. The van der Waals surface area contributed by atoms with Gasteiger partial charge in [0, 0.05) is 12.0 Å². The summed E-state index contributed by atoms with van der Waals surface area (Å²) in [6, 6.07) is 10.5. The Morgan fingerprint density at radius 3 is 2.32 bits per heavy atom. The first-order chi connectivity index (χ1) is 11.7. The molecule has 0 fully saturated rings. The number of methoxy groups -OCH3 is 1. The Balaban J connectivity index is 2.07. The van der Waals surface area contributed by atoms with Gasteiger partial charge in [-0.3, -0.25) is 4.79 Å². The van der Waals surface area contributed by atoms with Gasteiger partial charge in [0.05, 0.1) is 18.4 Å². The molecule has 0 unspecified atom stereocenters. The van der Waals surface area contributed by atoms with Crippen molar-refractivity contribution in [3.05, 3.63) is 58.9 Å². The van der Waals surface area contributed by atoms with Crippen molar-refractivity contribution in [2.45, 2.75) is 26.2 Å². The largest absolute Gasteiger partial charge is 0.497 e. The van der Waals surface area contributed by atoms with Crippen LogP contribution in [0.4, 0.5) is 0 Å². The van der Waals surface area contributed by atoms with E-state index in [0.29, 0.717) is 12.2 Å². The lowest BCUT2D eigenvalue weighted by molar-refractivity contribution is 0.0694. The van der Waals surface area contributed by atoms with Crippen molar-refractivity contribution in [1.82, 2.24) is 10.3 Å². The molecule has 25 heavy (non-hydrogen) atoms. The molecule has 0 radical (unpaired) electrons. The van der Waals surface area contributed by atoms with Crippen LogP contribution in [0.15, 0.2) is 36.4 Å². The molecule has 0 aliphatic heterocycles. The molecule has 0 aliphatic carbocycles. The van der Waals surface area contributed by atoms with Gasteiger partial charge in [0.1, 0.15) is 11.4 Å². The van der Waals surface area contributed by atoms with Crippen LogP contribution < -0.4 is 10.1 Å². The molecule has 1 aromatic heterocycles. The highest BCUT2D eigenvalue weighted by Crippen LogP contribution is 2.24. The van der Waals surface area contributed by atoms with E-state index >= 15 is 0 Å². The number of aromatic carboxylic acids is 1. The molecule has 0 atom stereocenters. The molecule has 0 aliphatic rings. The molecule has 6 nitrogen and oxygen atoms in total. The van der Waals surface area contributed by atoms with E-state index in [2.05, 4.69) is 10.3 Å². The summed E-state index contributed by atoms with van der Waals surface area (Å²) in [5, 5.41) is 11.9. The molecule has 2 aromatic rings. The number of aryl methyl sites for hydroxylation is 1. The van der Waals surface area contributed by atoms with E-state index in [0.717, 1.165) is 11.3 Å². The van der Waals surface area contributed by atoms with Crippen LogP contribution in [0.2, 0.25) is 0 Å². The number of nitrogens with zero attached hydrogens (tertiary/aromatic N) is 1. The minimum absolute atomic E-state index is 0.0927. The Morgan fingerprint density at radius 2 is 1.80 bits per heavy atom. The highest BCUT2D eigenvalue weighted by atomic mass is 16.5. The van der Waals surface area contributed by atoms with Gasteiger partial charge in [0.25, 0.3) is 5.91 Å². The number of pyridine rings is 1. The van der Waals surface area contributed by atoms with E-state index < -0.39 is 5.97 Å². The van der Waals surface area contributed by atoms with Crippen LogP contribution in [0.25, 0.3) is 0 Å². The highest BCUT2D eigenvalue weighted by molar-refractivity contribution is 5.94.